The maximum absolute atomic E-state index is 12.3. The summed E-state index contributed by atoms with van der Waals surface area (Å²) < 4.78 is 18.2. The summed E-state index contributed by atoms with van der Waals surface area (Å²) in [5, 5.41) is 4.92. The van der Waals surface area contributed by atoms with Gasteiger partial charge in [-0.2, -0.15) is 0 Å². The first-order valence-electron chi connectivity index (χ1n) is 9.58. The van der Waals surface area contributed by atoms with Crippen molar-refractivity contribution in [3.63, 3.8) is 0 Å². The number of methoxy groups -OCH3 is 2. The third kappa shape index (κ3) is 5.27. The summed E-state index contributed by atoms with van der Waals surface area (Å²) in [5.74, 6) is 1.45. The van der Waals surface area contributed by atoms with E-state index in [1.807, 2.05) is 48.0 Å². The normalized spacial score (nSPS) is 11.2. The van der Waals surface area contributed by atoms with E-state index < -0.39 is 0 Å². The lowest BCUT2D eigenvalue weighted by Gasteiger charge is -2.08. The number of rotatable bonds is 10. The van der Waals surface area contributed by atoms with Crippen LogP contribution < -0.4 is 14.8 Å². The molecule has 3 rings (SSSR count). The molecule has 156 valence electrons. The molecule has 29 heavy (non-hydrogen) atoms. The second-order valence-electron chi connectivity index (χ2n) is 6.87. The molecule has 0 aliphatic rings. The van der Waals surface area contributed by atoms with Crippen molar-refractivity contribution in [1.82, 2.24) is 14.7 Å². The van der Waals surface area contributed by atoms with Crippen LogP contribution in [0.1, 0.15) is 26.0 Å². The molecule has 0 bridgehead atoms. The van der Waals surface area contributed by atoms with Crippen molar-refractivity contribution in [1.29, 1.82) is 0 Å². The Labute approximate surface area is 174 Å². The Hall–Kier alpha value is -2.58. The summed E-state index contributed by atoms with van der Waals surface area (Å²) in [6.45, 7) is 5.25. The van der Waals surface area contributed by atoms with Crippen molar-refractivity contribution in [2.45, 2.75) is 32.8 Å². The highest BCUT2D eigenvalue weighted by atomic mass is 32.1. The minimum atomic E-state index is -0.0107. The van der Waals surface area contributed by atoms with E-state index in [2.05, 4.69) is 5.32 Å². The van der Waals surface area contributed by atoms with Gasteiger partial charge in [-0.3, -0.25) is 9.20 Å². The molecule has 0 aliphatic heterocycles. The van der Waals surface area contributed by atoms with Crippen molar-refractivity contribution in [2.75, 3.05) is 27.4 Å². The molecule has 0 saturated heterocycles. The van der Waals surface area contributed by atoms with E-state index in [1.54, 1.807) is 14.2 Å². The fraction of sp³-hybridized carbons (Fsp3) is 0.429. The van der Waals surface area contributed by atoms with Crippen molar-refractivity contribution >= 4 is 22.2 Å². The highest BCUT2D eigenvalue weighted by Crippen LogP contribution is 2.34. The highest BCUT2D eigenvalue weighted by molar-refractivity contribution is 7.15. The lowest BCUT2D eigenvalue weighted by molar-refractivity contribution is -0.120. The van der Waals surface area contributed by atoms with Gasteiger partial charge in [0.15, 0.2) is 4.96 Å². The minimum Gasteiger partial charge on any atom is -0.497 e. The number of ether oxygens (including phenoxy) is 3. The number of hydrogen-bond acceptors (Lipinski definition) is 6. The molecule has 1 amide bonds. The number of fused-ring (bicyclic) bond motifs is 1. The molecule has 0 aliphatic carbocycles. The van der Waals surface area contributed by atoms with Gasteiger partial charge in [0.05, 0.1) is 32.4 Å². The Kier molecular flexibility index (Phi) is 7.11. The SMILES string of the molecule is COc1ccc(OC)c(-c2cn3c(CC(=O)NCCCOC(C)C)csc3n2)c1. The Morgan fingerprint density at radius 2 is 2.10 bits per heavy atom. The minimum absolute atomic E-state index is 0.0107. The third-order valence-corrected chi connectivity index (χ3v) is 5.29. The van der Waals surface area contributed by atoms with Gasteiger partial charge in [0.25, 0.3) is 0 Å². The third-order valence-electron chi connectivity index (χ3n) is 4.40. The molecule has 1 aromatic carbocycles. The number of aromatic nitrogens is 2. The standard InChI is InChI=1S/C21H27N3O4S/c1-14(2)28-9-5-8-22-20(25)10-15-13-29-21-23-18(12-24(15)21)17-11-16(26-3)6-7-19(17)27-4/h6-7,11-14H,5,8-10H2,1-4H3,(H,22,25). The van der Waals surface area contributed by atoms with Crippen LogP contribution in [0.25, 0.3) is 16.2 Å². The van der Waals surface area contributed by atoms with Gasteiger partial charge < -0.3 is 19.5 Å². The van der Waals surface area contributed by atoms with Gasteiger partial charge in [-0.05, 0) is 38.5 Å². The van der Waals surface area contributed by atoms with E-state index >= 15 is 0 Å². The molecule has 1 N–H and O–H groups in total. The Bertz CT molecular complexity index is 964. The van der Waals surface area contributed by atoms with E-state index in [0.29, 0.717) is 19.6 Å². The van der Waals surface area contributed by atoms with Crippen molar-refractivity contribution in [2.24, 2.45) is 0 Å². The number of hydrogen-bond donors (Lipinski definition) is 1. The van der Waals surface area contributed by atoms with Crippen LogP contribution >= 0.6 is 11.3 Å². The van der Waals surface area contributed by atoms with E-state index in [1.165, 1.54) is 11.3 Å². The van der Waals surface area contributed by atoms with E-state index in [0.717, 1.165) is 39.8 Å². The second kappa shape index (κ2) is 9.76. The maximum Gasteiger partial charge on any atom is 0.225 e. The van der Waals surface area contributed by atoms with Crippen LogP contribution in [-0.2, 0) is 16.0 Å². The Morgan fingerprint density at radius 3 is 2.83 bits per heavy atom. The molecule has 2 heterocycles. The highest BCUT2D eigenvalue weighted by Gasteiger charge is 2.15. The molecule has 0 saturated carbocycles. The van der Waals surface area contributed by atoms with Crippen molar-refractivity contribution < 1.29 is 19.0 Å². The van der Waals surface area contributed by atoms with Crippen LogP contribution in [0, 0.1) is 0 Å². The van der Waals surface area contributed by atoms with Gasteiger partial charge in [-0.25, -0.2) is 4.98 Å². The smallest absolute Gasteiger partial charge is 0.225 e. The molecule has 0 atom stereocenters. The number of nitrogens with zero attached hydrogens (tertiary/aromatic N) is 2. The van der Waals surface area contributed by atoms with E-state index in [-0.39, 0.29) is 12.0 Å². The molecule has 8 heteroatoms. The summed E-state index contributed by atoms with van der Waals surface area (Å²) in [4.78, 5) is 17.8. The van der Waals surface area contributed by atoms with Crippen LogP contribution in [0.2, 0.25) is 0 Å². The zero-order valence-corrected chi connectivity index (χ0v) is 18.0. The molecule has 0 spiro atoms. The van der Waals surface area contributed by atoms with Crippen LogP contribution in [0.5, 0.6) is 11.5 Å². The number of thiazole rings is 1. The summed E-state index contributed by atoms with van der Waals surface area (Å²) in [5.41, 5.74) is 2.53. The van der Waals surface area contributed by atoms with E-state index in [9.17, 15) is 4.79 Å². The van der Waals surface area contributed by atoms with Crippen molar-refractivity contribution in [3.8, 4) is 22.8 Å². The molecular formula is C21H27N3O4S. The van der Waals surface area contributed by atoms with E-state index in [4.69, 9.17) is 19.2 Å². The molecule has 0 radical (unpaired) electrons. The zero-order valence-electron chi connectivity index (χ0n) is 17.2. The zero-order chi connectivity index (χ0) is 20.8. The predicted octanol–water partition coefficient (Wildman–Crippen LogP) is 3.55. The number of carbonyl (C=O) groups is 1. The van der Waals surface area contributed by atoms with Crippen LogP contribution in [0.3, 0.4) is 0 Å². The molecule has 0 fully saturated rings. The average molecular weight is 418 g/mol. The average Bonchev–Trinajstić information content (AvgIpc) is 3.29. The van der Waals surface area contributed by atoms with Crippen LogP contribution in [-0.4, -0.2) is 48.8 Å². The topological polar surface area (TPSA) is 74.1 Å². The number of benzene rings is 1. The van der Waals surface area contributed by atoms with Crippen molar-refractivity contribution in [3.05, 3.63) is 35.5 Å². The number of amides is 1. The lowest BCUT2D eigenvalue weighted by Crippen LogP contribution is -2.27. The number of imidazole rings is 1. The molecular weight excluding hydrogens is 390 g/mol. The Morgan fingerprint density at radius 1 is 1.28 bits per heavy atom. The van der Waals surface area contributed by atoms with Gasteiger partial charge in [-0.15, -0.1) is 11.3 Å². The Balaban J connectivity index is 1.70. The number of nitrogens with one attached hydrogen (secondary N) is 1. The largest absolute Gasteiger partial charge is 0.497 e. The molecule has 3 aromatic rings. The molecule has 7 nitrogen and oxygen atoms in total. The summed E-state index contributed by atoms with van der Waals surface area (Å²) in [6.07, 6.45) is 3.25. The van der Waals surface area contributed by atoms with Gasteiger partial charge in [-0.1, -0.05) is 0 Å². The summed E-state index contributed by atoms with van der Waals surface area (Å²) >= 11 is 1.51. The number of carbonyl (C=O) groups excluding carboxylic acids is 1. The summed E-state index contributed by atoms with van der Waals surface area (Å²) in [7, 11) is 3.26. The lowest BCUT2D eigenvalue weighted by atomic mass is 10.1. The summed E-state index contributed by atoms with van der Waals surface area (Å²) in [6, 6.07) is 5.61. The van der Waals surface area contributed by atoms with Gasteiger partial charge in [0.1, 0.15) is 11.5 Å². The first kappa shape index (κ1) is 21.1. The molecule has 0 unspecified atom stereocenters. The second-order valence-corrected chi connectivity index (χ2v) is 7.71. The van der Waals surface area contributed by atoms with Gasteiger partial charge in [0, 0.05) is 36.0 Å². The monoisotopic (exact) mass is 417 g/mol. The fourth-order valence-corrected chi connectivity index (χ4v) is 3.82. The fourth-order valence-electron chi connectivity index (χ4n) is 2.95. The molecule has 2 aromatic heterocycles. The quantitative estimate of drug-likeness (QED) is 0.511. The van der Waals surface area contributed by atoms with Crippen LogP contribution in [0.15, 0.2) is 29.8 Å². The predicted molar refractivity (Wildman–Crippen MR) is 114 cm³/mol. The first-order valence-corrected chi connectivity index (χ1v) is 10.5. The first-order chi connectivity index (χ1) is 14.0. The maximum atomic E-state index is 12.3. The van der Waals surface area contributed by atoms with Crippen LogP contribution in [0.4, 0.5) is 0 Å². The van der Waals surface area contributed by atoms with Gasteiger partial charge in [0.2, 0.25) is 5.91 Å². The van der Waals surface area contributed by atoms with Gasteiger partial charge >= 0.3 is 0 Å².